The SMILES string of the molecule is CCOc1ccc2c(c1)CC(NCCCCO)C(=O)N2c1ccc2c(c1)[C@@]1(O[C@H](CCO)[C@@H]([Si](C)(C)O)[C@@H]1C)C(=O)N2C. The van der Waals surface area contributed by atoms with Crippen molar-refractivity contribution >= 4 is 37.2 Å². The molecule has 1 saturated heterocycles. The molecule has 0 radical (unpaired) electrons. The maximum absolute atomic E-state index is 14.1. The quantitative estimate of drug-likeness (QED) is 0.225. The van der Waals surface area contributed by atoms with Gasteiger partial charge in [0.25, 0.3) is 5.91 Å². The van der Waals surface area contributed by atoms with E-state index in [9.17, 15) is 24.6 Å². The lowest BCUT2D eigenvalue weighted by molar-refractivity contribution is -0.146. The average molecular weight is 612 g/mol. The van der Waals surface area contributed by atoms with Crippen LogP contribution in [0.1, 0.15) is 44.2 Å². The number of aliphatic hydroxyl groups excluding tert-OH is 2. The third kappa shape index (κ3) is 5.40. The molecule has 2 aromatic rings. The number of hydrogen-bond acceptors (Lipinski definition) is 8. The molecule has 2 amide bonds. The highest BCUT2D eigenvalue weighted by Gasteiger charge is 2.65. The third-order valence-electron chi connectivity index (χ3n) is 9.29. The van der Waals surface area contributed by atoms with E-state index in [2.05, 4.69) is 5.32 Å². The molecule has 0 aromatic heterocycles. The van der Waals surface area contributed by atoms with Crippen LogP contribution in [0.25, 0.3) is 0 Å². The van der Waals surface area contributed by atoms with Gasteiger partial charge in [-0.05, 0) is 94.2 Å². The van der Waals surface area contributed by atoms with E-state index in [1.54, 1.807) is 16.8 Å². The fourth-order valence-electron chi connectivity index (χ4n) is 7.43. The van der Waals surface area contributed by atoms with E-state index in [0.29, 0.717) is 49.4 Å². The third-order valence-corrected chi connectivity index (χ3v) is 11.8. The Hall–Kier alpha value is -2.80. The molecule has 10 nitrogen and oxygen atoms in total. The molecule has 3 aliphatic heterocycles. The topological polar surface area (TPSA) is 132 Å². The summed E-state index contributed by atoms with van der Waals surface area (Å²) in [5, 5.41) is 22.4. The summed E-state index contributed by atoms with van der Waals surface area (Å²) in [4.78, 5) is 42.8. The van der Waals surface area contributed by atoms with Gasteiger partial charge < -0.3 is 34.7 Å². The number of carbonyl (C=O) groups excluding carboxylic acids is 2. The van der Waals surface area contributed by atoms with Crippen LogP contribution in [0.2, 0.25) is 18.6 Å². The van der Waals surface area contributed by atoms with Crippen molar-refractivity contribution in [1.82, 2.24) is 5.32 Å². The molecule has 0 bridgehead atoms. The largest absolute Gasteiger partial charge is 0.494 e. The van der Waals surface area contributed by atoms with Gasteiger partial charge in [-0.25, -0.2) is 0 Å². The Labute approximate surface area is 254 Å². The zero-order chi connectivity index (χ0) is 31.1. The van der Waals surface area contributed by atoms with Gasteiger partial charge in [0.05, 0.1) is 30.1 Å². The first kappa shape index (κ1) is 31.6. The molecule has 2 aromatic carbocycles. The molecule has 1 fully saturated rings. The van der Waals surface area contributed by atoms with Gasteiger partial charge >= 0.3 is 0 Å². The van der Waals surface area contributed by atoms with Crippen LogP contribution in [0.5, 0.6) is 5.75 Å². The lowest BCUT2D eigenvalue weighted by atomic mass is 9.82. The molecule has 234 valence electrons. The molecule has 4 N–H and O–H groups in total. The van der Waals surface area contributed by atoms with Crippen LogP contribution in [0.15, 0.2) is 36.4 Å². The second-order valence-corrected chi connectivity index (χ2v) is 16.5. The summed E-state index contributed by atoms with van der Waals surface area (Å²) in [5.41, 5.74) is 2.12. The van der Waals surface area contributed by atoms with Gasteiger partial charge in [-0.3, -0.25) is 14.5 Å². The number of nitrogens with zero attached hydrogens (tertiary/aromatic N) is 2. The molecule has 5 atom stereocenters. The Morgan fingerprint density at radius 1 is 1.09 bits per heavy atom. The predicted octanol–water partition coefficient (Wildman–Crippen LogP) is 3.19. The fourth-order valence-corrected chi connectivity index (χ4v) is 10.0. The summed E-state index contributed by atoms with van der Waals surface area (Å²) in [6.07, 6.45) is 1.75. The fraction of sp³-hybridized carbons (Fsp3) is 0.562. The van der Waals surface area contributed by atoms with Gasteiger partial charge in [-0.2, -0.15) is 0 Å². The highest BCUT2D eigenvalue weighted by molar-refractivity contribution is 6.71. The number of unbranched alkanes of at least 4 members (excludes halogenated alkanes) is 1. The standard InChI is InChI=1S/C32H45N3O7Si/c1-6-41-23-10-12-26-21(17-23)18-25(33-14-7-8-15-36)30(38)35(26)22-9-11-27-24(19-22)32(31(39)34(27)3)20(2)29(43(4,5)40)28(42-32)13-16-37/h9-12,17,19-20,25,28-29,33,36-37,40H,6-8,13-16,18H2,1-5H3/t20-,25?,28+,29-,32+/m0/s1. The van der Waals surface area contributed by atoms with Crippen molar-refractivity contribution in [3.8, 4) is 5.75 Å². The molecule has 3 heterocycles. The molecular weight excluding hydrogens is 566 g/mol. The lowest BCUT2D eigenvalue weighted by Crippen LogP contribution is -2.49. The Balaban J connectivity index is 1.60. The molecule has 43 heavy (non-hydrogen) atoms. The molecular formula is C32H45N3O7Si. The second-order valence-electron chi connectivity index (χ2n) is 12.5. The second kappa shape index (κ2) is 12.3. The number of nitrogens with one attached hydrogen (secondary N) is 1. The van der Waals surface area contributed by atoms with Crippen molar-refractivity contribution in [2.45, 2.75) is 75.9 Å². The van der Waals surface area contributed by atoms with E-state index in [1.165, 1.54) is 0 Å². The summed E-state index contributed by atoms with van der Waals surface area (Å²) in [6.45, 7) is 8.73. The van der Waals surface area contributed by atoms with Crippen molar-refractivity contribution in [2.24, 2.45) is 5.92 Å². The molecule has 5 rings (SSSR count). The first-order valence-electron chi connectivity index (χ1n) is 15.4. The van der Waals surface area contributed by atoms with Crippen LogP contribution >= 0.6 is 0 Å². The first-order valence-corrected chi connectivity index (χ1v) is 18.4. The van der Waals surface area contributed by atoms with Crippen molar-refractivity contribution < 1.29 is 34.1 Å². The number of benzene rings is 2. The van der Waals surface area contributed by atoms with Gasteiger partial charge in [0.2, 0.25) is 5.91 Å². The van der Waals surface area contributed by atoms with Gasteiger partial charge in [0, 0.05) is 43.0 Å². The maximum Gasteiger partial charge on any atom is 0.264 e. The molecule has 3 aliphatic rings. The number of amides is 2. The smallest absolute Gasteiger partial charge is 0.264 e. The van der Waals surface area contributed by atoms with Crippen molar-refractivity contribution in [3.05, 3.63) is 47.5 Å². The highest BCUT2D eigenvalue weighted by atomic mass is 28.4. The van der Waals surface area contributed by atoms with Crippen molar-refractivity contribution in [3.63, 3.8) is 0 Å². The lowest BCUT2D eigenvalue weighted by Gasteiger charge is -2.36. The molecule has 1 unspecified atom stereocenters. The van der Waals surface area contributed by atoms with Crippen molar-refractivity contribution in [2.75, 3.05) is 43.2 Å². The predicted molar refractivity (Wildman–Crippen MR) is 167 cm³/mol. The monoisotopic (exact) mass is 611 g/mol. The molecule has 0 saturated carbocycles. The van der Waals surface area contributed by atoms with Crippen LogP contribution in [0, 0.1) is 5.92 Å². The number of aliphatic hydroxyl groups is 2. The van der Waals surface area contributed by atoms with E-state index in [1.807, 2.05) is 63.3 Å². The molecule has 0 aliphatic carbocycles. The number of fused-ring (bicyclic) bond motifs is 3. The van der Waals surface area contributed by atoms with E-state index in [-0.39, 0.29) is 36.5 Å². The Morgan fingerprint density at radius 2 is 1.84 bits per heavy atom. The number of anilines is 3. The van der Waals surface area contributed by atoms with E-state index < -0.39 is 26.1 Å². The van der Waals surface area contributed by atoms with Gasteiger partial charge in [0.1, 0.15) is 5.75 Å². The Morgan fingerprint density at radius 3 is 2.51 bits per heavy atom. The van der Waals surface area contributed by atoms with Crippen LogP contribution in [0.3, 0.4) is 0 Å². The summed E-state index contributed by atoms with van der Waals surface area (Å²) < 4.78 is 12.4. The van der Waals surface area contributed by atoms with Crippen molar-refractivity contribution in [1.29, 1.82) is 0 Å². The van der Waals surface area contributed by atoms with Crippen LogP contribution < -0.4 is 19.9 Å². The highest BCUT2D eigenvalue weighted by Crippen LogP contribution is 2.60. The van der Waals surface area contributed by atoms with E-state index in [0.717, 1.165) is 23.4 Å². The first-order chi connectivity index (χ1) is 20.5. The van der Waals surface area contributed by atoms with Gasteiger partial charge in [0.15, 0.2) is 13.9 Å². The zero-order valence-corrected chi connectivity index (χ0v) is 26.8. The number of carbonyl (C=O) groups is 2. The van der Waals surface area contributed by atoms with Crippen LogP contribution in [-0.2, 0) is 26.3 Å². The zero-order valence-electron chi connectivity index (χ0n) is 25.8. The van der Waals surface area contributed by atoms with E-state index in [4.69, 9.17) is 9.47 Å². The summed E-state index contributed by atoms with van der Waals surface area (Å²) >= 11 is 0. The van der Waals surface area contributed by atoms with Gasteiger partial charge in [-0.1, -0.05) is 6.92 Å². The number of likely N-dealkylation sites (N-methyl/N-ethyl adjacent to an activating group) is 1. The van der Waals surface area contributed by atoms with E-state index >= 15 is 0 Å². The average Bonchev–Trinajstić information content (AvgIpc) is 3.37. The Bertz CT molecular complexity index is 1360. The van der Waals surface area contributed by atoms with Crippen LogP contribution in [0.4, 0.5) is 17.1 Å². The summed E-state index contributed by atoms with van der Waals surface area (Å²) in [6, 6.07) is 10.9. The molecule has 1 spiro atoms. The summed E-state index contributed by atoms with van der Waals surface area (Å²) in [7, 11) is -1.08. The normalized spacial score (nSPS) is 26.8. The van der Waals surface area contributed by atoms with Crippen LogP contribution in [-0.4, -0.2) is 80.7 Å². The minimum Gasteiger partial charge on any atom is -0.494 e. The maximum atomic E-state index is 14.1. The molecule has 11 heteroatoms. The number of hydrogen-bond donors (Lipinski definition) is 4. The Kier molecular flexibility index (Phi) is 9.04. The minimum absolute atomic E-state index is 0.104. The van der Waals surface area contributed by atoms with Gasteiger partial charge in [-0.15, -0.1) is 0 Å². The summed E-state index contributed by atoms with van der Waals surface area (Å²) in [5.74, 6) is 0.0829. The minimum atomic E-state index is -2.81. The number of rotatable bonds is 11. The number of ether oxygens (including phenoxy) is 2.